The molecule has 0 radical (unpaired) electrons. The van der Waals surface area contributed by atoms with Gasteiger partial charge in [0.1, 0.15) is 0 Å². The van der Waals surface area contributed by atoms with Crippen molar-refractivity contribution in [1.29, 1.82) is 0 Å². The van der Waals surface area contributed by atoms with E-state index in [1.165, 1.54) is 18.4 Å². The molecule has 3 rings (SSSR count). The number of nitrogens with one attached hydrogen (secondary N) is 1. The standard InChI is InChI=1S/C17H24ClN3OS/c18-15-5-3-14(4-6-15)16(20-7-1-2-8-20)13-19-17(22)21-9-11-23-12-10-21/h3-6,16H,1-2,7-13H2,(H,19,22). The highest BCUT2D eigenvalue weighted by Gasteiger charge is 2.25. The lowest BCUT2D eigenvalue weighted by molar-refractivity contribution is 0.192. The first kappa shape index (κ1) is 16.9. The largest absolute Gasteiger partial charge is 0.336 e. The lowest BCUT2D eigenvalue weighted by Crippen LogP contribution is -2.46. The Morgan fingerprint density at radius 2 is 1.78 bits per heavy atom. The van der Waals surface area contributed by atoms with E-state index in [0.717, 1.165) is 42.7 Å². The fraction of sp³-hybridized carbons (Fsp3) is 0.588. The summed E-state index contributed by atoms with van der Waals surface area (Å²) in [5, 5.41) is 3.90. The van der Waals surface area contributed by atoms with Gasteiger partial charge in [-0.25, -0.2) is 4.79 Å². The van der Waals surface area contributed by atoms with Crippen molar-refractivity contribution < 1.29 is 4.79 Å². The van der Waals surface area contributed by atoms with Gasteiger partial charge in [0, 0.05) is 36.2 Å². The SMILES string of the molecule is O=C(NCC(c1ccc(Cl)cc1)N1CCCC1)N1CCSCC1. The van der Waals surface area contributed by atoms with Gasteiger partial charge in [-0.3, -0.25) is 4.90 Å². The molecule has 0 bridgehead atoms. The Morgan fingerprint density at radius 1 is 1.13 bits per heavy atom. The fourth-order valence-electron chi connectivity index (χ4n) is 3.26. The zero-order chi connectivity index (χ0) is 16.1. The van der Waals surface area contributed by atoms with E-state index in [1.807, 2.05) is 28.8 Å². The Hall–Kier alpha value is -0.910. The number of carbonyl (C=O) groups excluding carboxylic acids is 1. The summed E-state index contributed by atoms with van der Waals surface area (Å²) < 4.78 is 0. The summed E-state index contributed by atoms with van der Waals surface area (Å²) in [4.78, 5) is 16.8. The van der Waals surface area contributed by atoms with Crippen molar-refractivity contribution in [2.75, 3.05) is 44.2 Å². The Bertz CT molecular complexity index is 513. The molecule has 2 amide bonds. The van der Waals surface area contributed by atoms with Crippen molar-refractivity contribution in [3.8, 4) is 0 Å². The van der Waals surface area contributed by atoms with Crippen LogP contribution in [-0.2, 0) is 0 Å². The molecule has 0 aliphatic carbocycles. The molecule has 0 spiro atoms. The number of rotatable bonds is 4. The molecule has 1 N–H and O–H groups in total. The number of carbonyl (C=O) groups is 1. The maximum absolute atomic E-state index is 12.4. The summed E-state index contributed by atoms with van der Waals surface area (Å²) in [6.07, 6.45) is 2.47. The summed E-state index contributed by atoms with van der Waals surface area (Å²) in [6, 6.07) is 8.33. The van der Waals surface area contributed by atoms with Crippen LogP contribution < -0.4 is 5.32 Å². The van der Waals surface area contributed by atoms with E-state index in [1.54, 1.807) is 0 Å². The Morgan fingerprint density at radius 3 is 2.43 bits per heavy atom. The van der Waals surface area contributed by atoms with Crippen molar-refractivity contribution in [3.05, 3.63) is 34.9 Å². The van der Waals surface area contributed by atoms with Gasteiger partial charge < -0.3 is 10.2 Å². The van der Waals surface area contributed by atoms with Crippen LogP contribution in [0.25, 0.3) is 0 Å². The maximum Gasteiger partial charge on any atom is 0.317 e. The second kappa shape index (κ2) is 8.27. The van der Waals surface area contributed by atoms with Crippen LogP contribution in [0.5, 0.6) is 0 Å². The maximum atomic E-state index is 12.4. The van der Waals surface area contributed by atoms with Gasteiger partial charge in [-0.2, -0.15) is 11.8 Å². The molecule has 2 aliphatic rings. The van der Waals surface area contributed by atoms with Crippen LogP contribution in [0.1, 0.15) is 24.4 Å². The monoisotopic (exact) mass is 353 g/mol. The third kappa shape index (κ3) is 4.55. The molecule has 2 heterocycles. The first-order valence-electron chi connectivity index (χ1n) is 8.34. The van der Waals surface area contributed by atoms with Crippen LogP contribution in [0.3, 0.4) is 0 Å². The first-order valence-corrected chi connectivity index (χ1v) is 9.87. The number of benzene rings is 1. The van der Waals surface area contributed by atoms with Gasteiger partial charge in [0.05, 0.1) is 6.04 Å². The number of nitrogens with zero attached hydrogens (tertiary/aromatic N) is 2. The number of amides is 2. The molecular weight excluding hydrogens is 330 g/mol. The summed E-state index contributed by atoms with van der Waals surface area (Å²) in [5.74, 6) is 2.08. The van der Waals surface area contributed by atoms with Crippen molar-refractivity contribution in [2.45, 2.75) is 18.9 Å². The smallest absolute Gasteiger partial charge is 0.317 e. The molecule has 0 saturated carbocycles. The highest BCUT2D eigenvalue weighted by atomic mass is 35.5. The highest BCUT2D eigenvalue weighted by Crippen LogP contribution is 2.25. The zero-order valence-corrected chi connectivity index (χ0v) is 14.9. The summed E-state index contributed by atoms with van der Waals surface area (Å²) >= 11 is 7.93. The summed E-state index contributed by atoms with van der Waals surface area (Å²) in [6.45, 7) is 4.56. The quantitative estimate of drug-likeness (QED) is 0.902. The minimum absolute atomic E-state index is 0.0726. The molecule has 2 saturated heterocycles. The third-order valence-corrected chi connectivity index (χ3v) is 5.78. The topological polar surface area (TPSA) is 35.6 Å². The van der Waals surface area contributed by atoms with E-state index in [0.29, 0.717) is 6.54 Å². The van der Waals surface area contributed by atoms with Gasteiger partial charge in [0.25, 0.3) is 0 Å². The first-order chi connectivity index (χ1) is 11.2. The number of urea groups is 1. The minimum atomic E-state index is 0.0726. The molecular formula is C17H24ClN3OS. The van der Waals surface area contributed by atoms with Crippen LogP contribution in [0.2, 0.25) is 5.02 Å². The van der Waals surface area contributed by atoms with Crippen molar-refractivity contribution in [3.63, 3.8) is 0 Å². The van der Waals surface area contributed by atoms with Gasteiger partial charge >= 0.3 is 6.03 Å². The van der Waals surface area contributed by atoms with Crippen molar-refractivity contribution >= 4 is 29.4 Å². The van der Waals surface area contributed by atoms with E-state index in [4.69, 9.17) is 11.6 Å². The summed E-state index contributed by atoms with van der Waals surface area (Å²) in [5.41, 5.74) is 1.23. The molecule has 6 heteroatoms. The van der Waals surface area contributed by atoms with Crippen molar-refractivity contribution in [1.82, 2.24) is 15.1 Å². The van der Waals surface area contributed by atoms with Gasteiger partial charge in [0.15, 0.2) is 0 Å². The number of halogens is 1. The molecule has 1 unspecified atom stereocenters. The second-order valence-corrected chi connectivity index (χ2v) is 7.76. The Balaban J connectivity index is 1.63. The predicted molar refractivity (Wildman–Crippen MR) is 97.3 cm³/mol. The van der Waals surface area contributed by atoms with Crippen LogP contribution in [0.4, 0.5) is 4.79 Å². The second-order valence-electron chi connectivity index (χ2n) is 6.10. The van der Waals surface area contributed by atoms with Gasteiger partial charge in [0.2, 0.25) is 0 Å². The lowest BCUT2D eigenvalue weighted by atomic mass is 10.1. The minimum Gasteiger partial charge on any atom is -0.336 e. The predicted octanol–water partition coefficient (Wildman–Crippen LogP) is 3.24. The van der Waals surface area contributed by atoms with Crippen LogP contribution in [0, 0.1) is 0 Å². The molecule has 4 nitrogen and oxygen atoms in total. The molecule has 126 valence electrons. The van der Waals surface area contributed by atoms with Crippen LogP contribution in [-0.4, -0.2) is 60.1 Å². The number of hydrogen-bond acceptors (Lipinski definition) is 3. The molecule has 1 aromatic rings. The van der Waals surface area contributed by atoms with Gasteiger partial charge in [-0.15, -0.1) is 0 Å². The van der Waals surface area contributed by atoms with E-state index in [9.17, 15) is 4.79 Å². The normalized spacial score (nSPS) is 20.5. The number of likely N-dealkylation sites (tertiary alicyclic amines) is 1. The molecule has 2 fully saturated rings. The molecule has 0 aromatic heterocycles. The van der Waals surface area contributed by atoms with E-state index < -0.39 is 0 Å². The average molecular weight is 354 g/mol. The van der Waals surface area contributed by atoms with Crippen molar-refractivity contribution in [2.24, 2.45) is 0 Å². The Kier molecular flexibility index (Phi) is 6.08. The Labute approximate surface area is 147 Å². The number of thioether (sulfide) groups is 1. The molecule has 2 aliphatic heterocycles. The van der Waals surface area contributed by atoms with E-state index in [-0.39, 0.29) is 12.1 Å². The fourth-order valence-corrected chi connectivity index (χ4v) is 4.29. The third-order valence-electron chi connectivity index (χ3n) is 4.58. The molecule has 23 heavy (non-hydrogen) atoms. The van der Waals surface area contributed by atoms with E-state index in [2.05, 4.69) is 22.3 Å². The zero-order valence-electron chi connectivity index (χ0n) is 13.3. The van der Waals surface area contributed by atoms with Gasteiger partial charge in [-0.1, -0.05) is 23.7 Å². The van der Waals surface area contributed by atoms with Crippen LogP contribution >= 0.6 is 23.4 Å². The highest BCUT2D eigenvalue weighted by molar-refractivity contribution is 7.99. The summed E-state index contributed by atoms with van der Waals surface area (Å²) in [7, 11) is 0. The average Bonchev–Trinajstić information content (AvgIpc) is 3.11. The van der Waals surface area contributed by atoms with Gasteiger partial charge in [-0.05, 0) is 43.6 Å². The van der Waals surface area contributed by atoms with Crippen LogP contribution in [0.15, 0.2) is 24.3 Å². The molecule has 1 aromatic carbocycles. The van der Waals surface area contributed by atoms with E-state index >= 15 is 0 Å². The number of hydrogen-bond donors (Lipinski definition) is 1. The molecule has 1 atom stereocenters. The lowest BCUT2D eigenvalue weighted by Gasteiger charge is -2.31.